The molecule has 4 heterocycles. The van der Waals surface area contributed by atoms with Crippen LogP contribution in [0.5, 0.6) is 0 Å². The number of fused-ring (bicyclic) bond motifs is 7. The van der Waals surface area contributed by atoms with Gasteiger partial charge in [-0.2, -0.15) is 5.10 Å². The van der Waals surface area contributed by atoms with E-state index in [1.165, 1.54) is 42.5 Å². The summed E-state index contributed by atoms with van der Waals surface area (Å²) >= 11 is 0. The molecule has 2 bridgehead atoms. The first kappa shape index (κ1) is 19.2. The number of carbonyl (C=O) groups excluding carboxylic acids is 1. The number of amides is 1. The first-order chi connectivity index (χ1) is 15.1. The molecule has 1 aliphatic carbocycles. The Morgan fingerprint density at radius 1 is 1.10 bits per heavy atom. The van der Waals surface area contributed by atoms with Gasteiger partial charge in [-0.25, -0.2) is 4.68 Å². The maximum atomic E-state index is 13.9. The van der Waals surface area contributed by atoms with E-state index in [0.717, 1.165) is 25.9 Å². The first-order valence-electron chi connectivity index (χ1n) is 11.8. The third kappa shape index (κ3) is 2.99. The minimum atomic E-state index is -0.157. The maximum absolute atomic E-state index is 13.9. The average Bonchev–Trinajstić information content (AvgIpc) is 2.81. The van der Waals surface area contributed by atoms with E-state index in [0.29, 0.717) is 34.3 Å². The summed E-state index contributed by atoms with van der Waals surface area (Å²) in [6.07, 6.45) is 9.82. The molecule has 1 aromatic carbocycles. The van der Waals surface area contributed by atoms with Gasteiger partial charge in [0.1, 0.15) is 0 Å². The van der Waals surface area contributed by atoms with E-state index >= 15 is 0 Å². The molecule has 4 aliphatic rings. The van der Waals surface area contributed by atoms with Gasteiger partial charge in [-0.3, -0.25) is 14.5 Å². The second kappa shape index (κ2) is 7.30. The third-order valence-electron chi connectivity index (χ3n) is 8.08. The van der Waals surface area contributed by atoms with Gasteiger partial charge in [0.05, 0.1) is 11.4 Å². The molecule has 162 valence electrons. The Hall–Kier alpha value is -2.47. The number of carbonyl (C=O) groups is 1. The van der Waals surface area contributed by atoms with Crippen LogP contribution in [-0.2, 0) is 7.05 Å². The fraction of sp³-hybridized carbons (Fsp3) is 0.560. The van der Waals surface area contributed by atoms with Crippen molar-refractivity contribution in [3.63, 3.8) is 0 Å². The number of piperidine rings is 3. The van der Waals surface area contributed by atoms with Crippen LogP contribution in [0.15, 0.2) is 40.7 Å². The van der Waals surface area contributed by atoms with Gasteiger partial charge in [-0.15, -0.1) is 0 Å². The Balaban J connectivity index is 1.40. The van der Waals surface area contributed by atoms with Crippen molar-refractivity contribution in [2.75, 3.05) is 19.6 Å². The van der Waals surface area contributed by atoms with Gasteiger partial charge >= 0.3 is 0 Å². The second-order valence-electron chi connectivity index (χ2n) is 9.83. The summed E-state index contributed by atoms with van der Waals surface area (Å²) in [5, 5.41) is 5.67. The molecule has 3 fully saturated rings. The molecule has 0 radical (unpaired) electrons. The summed E-state index contributed by atoms with van der Waals surface area (Å²) < 4.78 is 1.31. The SMILES string of the molecule is Cn1nc(C(=O)N2CCCC3=C[C@H]4C[C@H](CN5CCCC[C@@H]45)[C@H]32)c2ccccc2c1=O. The lowest BCUT2D eigenvalue weighted by molar-refractivity contribution is 0.00131. The Labute approximate surface area is 182 Å². The van der Waals surface area contributed by atoms with Crippen molar-refractivity contribution in [1.82, 2.24) is 19.6 Å². The normalized spacial score (nSPS) is 30.5. The van der Waals surface area contributed by atoms with E-state index in [2.05, 4.69) is 21.0 Å². The second-order valence-corrected chi connectivity index (χ2v) is 9.83. The largest absolute Gasteiger partial charge is 0.330 e. The van der Waals surface area contributed by atoms with Crippen molar-refractivity contribution in [1.29, 1.82) is 0 Å². The molecule has 3 aliphatic heterocycles. The van der Waals surface area contributed by atoms with Crippen molar-refractivity contribution in [3.05, 3.63) is 52.0 Å². The summed E-state index contributed by atoms with van der Waals surface area (Å²) in [6, 6.07) is 8.26. The van der Waals surface area contributed by atoms with Crippen molar-refractivity contribution in [2.45, 2.75) is 50.6 Å². The Morgan fingerprint density at radius 3 is 2.81 bits per heavy atom. The summed E-state index contributed by atoms with van der Waals surface area (Å²) in [5.41, 5.74) is 1.73. The smallest absolute Gasteiger partial charge is 0.275 e. The van der Waals surface area contributed by atoms with Crippen LogP contribution in [0, 0.1) is 11.8 Å². The van der Waals surface area contributed by atoms with Crippen LogP contribution in [-0.4, -0.2) is 57.2 Å². The number of likely N-dealkylation sites (tertiary alicyclic amines) is 1. The summed E-state index contributed by atoms with van der Waals surface area (Å²) in [7, 11) is 1.63. The van der Waals surface area contributed by atoms with Crippen LogP contribution >= 0.6 is 0 Å². The van der Waals surface area contributed by atoms with Gasteiger partial charge in [0.25, 0.3) is 11.5 Å². The molecule has 1 amide bonds. The number of hydrogen-bond acceptors (Lipinski definition) is 4. The predicted octanol–water partition coefficient (Wildman–Crippen LogP) is 2.97. The minimum Gasteiger partial charge on any atom is -0.330 e. The molecular formula is C25H30N4O2. The molecule has 4 atom stereocenters. The lowest BCUT2D eigenvalue weighted by Gasteiger charge is -2.54. The number of aryl methyl sites for hydroxylation is 1. The molecule has 6 nitrogen and oxygen atoms in total. The van der Waals surface area contributed by atoms with Gasteiger partial charge in [-0.05, 0) is 56.6 Å². The van der Waals surface area contributed by atoms with Gasteiger partial charge in [0.2, 0.25) is 0 Å². The number of hydrogen-bond donors (Lipinski definition) is 0. The van der Waals surface area contributed by atoms with Crippen LogP contribution < -0.4 is 5.56 Å². The monoisotopic (exact) mass is 418 g/mol. The zero-order valence-electron chi connectivity index (χ0n) is 18.2. The fourth-order valence-electron chi connectivity index (χ4n) is 6.79. The van der Waals surface area contributed by atoms with Gasteiger partial charge < -0.3 is 4.90 Å². The molecule has 31 heavy (non-hydrogen) atoms. The van der Waals surface area contributed by atoms with Crippen LogP contribution in [0.25, 0.3) is 10.8 Å². The Kier molecular flexibility index (Phi) is 4.53. The van der Waals surface area contributed by atoms with E-state index in [-0.39, 0.29) is 17.5 Å². The topological polar surface area (TPSA) is 58.4 Å². The fourth-order valence-corrected chi connectivity index (χ4v) is 6.79. The summed E-state index contributed by atoms with van der Waals surface area (Å²) in [6.45, 7) is 3.08. The van der Waals surface area contributed by atoms with Crippen LogP contribution in [0.4, 0.5) is 0 Å². The van der Waals surface area contributed by atoms with Crippen molar-refractivity contribution in [2.24, 2.45) is 18.9 Å². The molecule has 6 rings (SSSR count). The van der Waals surface area contributed by atoms with E-state index in [4.69, 9.17) is 0 Å². The number of benzene rings is 1. The number of rotatable bonds is 1. The molecule has 0 N–H and O–H groups in total. The van der Waals surface area contributed by atoms with E-state index < -0.39 is 0 Å². The van der Waals surface area contributed by atoms with Gasteiger partial charge in [0, 0.05) is 31.6 Å². The molecular weight excluding hydrogens is 388 g/mol. The van der Waals surface area contributed by atoms with Gasteiger partial charge in [0.15, 0.2) is 5.69 Å². The average molecular weight is 419 g/mol. The van der Waals surface area contributed by atoms with Crippen LogP contribution in [0.1, 0.15) is 49.0 Å². The Morgan fingerprint density at radius 2 is 1.94 bits per heavy atom. The van der Waals surface area contributed by atoms with Crippen molar-refractivity contribution < 1.29 is 4.79 Å². The van der Waals surface area contributed by atoms with E-state index in [1.54, 1.807) is 13.1 Å². The molecule has 0 saturated carbocycles. The minimum absolute atomic E-state index is 0.0263. The molecule has 0 spiro atoms. The molecule has 0 unspecified atom stereocenters. The third-order valence-corrected chi connectivity index (χ3v) is 8.08. The molecule has 3 saturated heterocycles. The number of nitrogens with zero attached hydrogens (tertiary/aromatic N) is 4. The van der Waals surface area contributed by atoms with E-state index in [9.17, 15) is 9.59 Å². The molecule has 2 aromatic rings. The highest BCUT2D eigenvalue weighted by Gasteiger charge is 2.47. The molecule has 6 heteroatoms. The quantitative estimate of drug-likeness (QED) is 0.668. The first-order valence-corrected chi connectivity index (χ1v) is 11.8. The van der Waals surface area contributed by atoms with Crippen molar-refractivity contribution in [3.8, 4) is 0 Å². The lowest BCUT2D eigenvalue weighted by atomic mass is 9.68. The van der Waals surface area contributed by atoms with Crippen LogP contribution in [0.2, 0.25) is 0 Å². The maximum Gasteiger partial charge on any atom is 0.275 e. The highest BCUT2D eigenvalue weighted by atomic mass is 16.2. The zero-order chi connectivity index (χ0) is 21.1. The van der Waals surface area contributed by atoms with Crippen molar-refractivity contribution >= 4 is 16.7 Å². The highest BCUT2D eigenvalue weighted by Crippen LogP contribution is 2.45. The molecule has 1 aromatic heterocycles. The van der Waals surface area contributed by atoms with E-state index in [1.807, 2.05) is 18.2 Å². The lowest BCUT2D eigenvalue weighted by Crippen LogP contribution is -2.60. The van der Waals surface area contributed by atoms with Gasteiger partial charge in [-0.1, -0.05) is 36.3 Å². The zero-order valence-corrected chi connectivity index (χ0v) is 18.2. The Bertz CT molecular complexity index is 1140. The van der Waals surface area contributed by atoms with Crippen LogP contribution in [0.3, 0.4) is 0 Å². The predicted molar refractivity (Wildman–Crippen MR) is 120 cm³/mol. The number of aromatic nitrogens is 2. The standard InChI is InChI=1S/C25H30N4O2/c1-27-24(30)20-9-3-2-8-19(20)22(26-27)25(31)29-12-6-7-16-13-17-14-18(23(16)29)15-28-11-5-4-10-21(17)28/h2-3,8-9,13,17-18,21,23H,4-7,10-12,14-15H2,1H3/t17-,18+,21-,23-/m0/s1. The summed E-state index contributed by atoms with van der Waals surface area (Å²) in [5.74, 6) is 1.13. The summed E-state index contributed by atoms with van der Waals surface area (Å²) in [4.78, 5) is 31.2. The highest BCUT2D eigenvalue weighted by molar-refractivity contribution is 6.05.